The molecule has 0 bridgehead atoms. The minimum atomic E-state index is 0.0328. The van der Waals surface area contributed by atoms with Gasteiger partial charge in [0.1, 0.15) is 0 Å². The number of aromatic nitrogens is 3. The van der Waals surface area contributed by atoms with Gasteiger partial charge in [0.25, 0.3) is 5.56 Å². The first-order chi connectivity index (χ1) is 13.3. The predicted octanol–water partition coefficient (Wildman–Crippen LogP) is 2.48. The Bertz CT molecular complexity index is 1040. The second-order valence-corrected chi connectivity index (χ2v) is 7.46. The summed E-state index contributed by atoms with van der Waals surface area (Å²) in [5.41, 5.74) is 3.89. The molecule has 0 amide bonds. The molecule has 3 aromatic rings. The van der Waals surface area contributed by atoms with Gasteiger partial charge in [-0.3, -0.25) is 19.7 Å². The Morgan fingerprint density at radius 1 is 1.00 bits per heavy atom. The molecule has 0 atom stereocenters. The average molecular weight is 361 g/mol. The van der Waals surface area contributed by atoms with Crippen molar-refractivity contribution in [2.45, 2.75) is 32.4 Å². The molecule has 0 saturated carbocycles. The van der Waals surface area contributed by atoms with Crippen molar-refractivity contribution in [2.75, 3.05) is 24.5 Å². The highest BCUT2D eigenvalue weighted by molar-refractivity contribution is 5.78. The summed E-state index contributed by atoms with van der Waals surface area (Å²) in [6.45, 7) is 4.29. The summed E-state index contributed by atoms with van der Waals surface area (Å²) in [5.74, 6) is 0.738. The van der Waals surface area contributed by atoms with Crippen molar-refractivity contribution in [3.05, 3.63) is 63.7 Å². The molecule has 2 aliphatic rings. The van der Waals surface area contributed by atoms with Crippen molar-refractivity contribution in [3.63, 3.8) is 0 Å². The fourth-order valence-corrected chi connectivity index (χ4v) is 4.12. The van der Waals surface area contributed by atoms with Crippen LogP contribution in [0.4, 0.5) is 5.95 Å². The third kappa shape index (κ3) is 3.21. The van der Waals surface area contributed by atoms with Gasteiger partial charge in [0, 0.05) is 43.7 Å². The third-order valence-corrected chi connectivity index (χ3v) is 5.59. The van der Waals surface area contributed by atoms with Gasteiger partial charge in [-0.2, -0.15) is 0 Å². The van der Waals surface area contributed by atoms with Crippen LogP contribution in [0.2, 0.25) is 0 Å². The Balaban J connectivity index is 1.38. The Hall–Kier alpha value is -2.73. The van der Waals surface area contributed by atoms with E-state index in [2.05, 4.69) is 33.0 Å². The summed E-state index contributed by atoms with van der Waals surface area (Å²) in [4.78, 5) is 29.6. The number of pyridine rings is 1. The van der Waals surface area contributed by atoms with Crippen molar-refractivity contribution >= 4 is 16.9 Å². The van der Waals surface area contributed by atoms with E-state index in [4.69, 9.17) is 9.97 Å². The molecule has 6 heteroatoms. The largest absolute Gasteiger partial charge is 0.342 e. The quantitative estimate of drug-likeness (QED) is 0.776. The van der Waals surface area contributed by atoms with E-state index in [1.54, 1.807) is 0 Å². The van der Waals surface area contributed by atoms with Gasteiger partial charge >= 0.3 is 0 Å². The molecule has 2 aromatic heterocycles. The molecule has 1 fully saturated rings. The molecule has 1 saturated heterocycles. The van der Waals surface area contributed by atoms with E-state index in [9.17, 15) is 4.79 Å². The van der Waals surface area contributed by atoms with Crippen LogP contribution in [0.3, 0.4) is 0 Å². The number of fused-ring (bicyclic) bond motifs is 2. The van der Waals surface area contributed by atoms with Gasteiger partial charge in [0.05, 0.1) is 16.9 Å². The van der Waals surface area contributed by atoms with Crippen LogP contribution in [0, 0.1) is 0 Å². The number of hydrogen-bond acceptors (Lipinski definition) is 5. The number of hydrogen-bond donors (Lipinski definition) is 1. The first-order valence-electron chi connectivity index (χ1n) is 9.70. The molecule has 1 N–H and O–H groups in total. The maximum absolute atomic E-state index is 12.5. The number of nitrogens with zero attached hydrogens (tertiary/aromatic N) is 4. The number of benzene rings is 1. The lowest BCUT2D eigenvalue weighted by Gasteiger charge is -2.28. The Morgan fingerprint density at radius 2 is 1.85 bits per heavy atom. The highest BCUT2D eigenvalue weighted by atomic mass is 16.1. The Labute approximate surface area is 157 Å². The smallest absolute Gasteiger partial charge is 0.255 e. The summed E-state index contributed by atoms with van der Waals surface area (Å²) in [7, 11) is 0. The predicted molar refractivity (Wildman–Crippen MR) is 106 cm³/mol. The van der Waals surface area contributed by atoms with E-state index < -0.39 is 0 Å². The van der Waals surface area contributed by atoms with Gasteiger partial charge in [0.2, 0.25) is 5.95 Å². The van der Waals surface area contributed by atoms with Crippen LogP contribution in [0.5, 0.6) is 0 Å². The minimum absolute atomic E-state index is 0.0328. The topological polar surface area (TPSA) is 65.1 Å². The second kappa shape index (κ2) is 6.78. The van der Waals surface area contributed by atoms with E-state index >= 15 is 0 Å². The SMILES string of the molecule is O=c1[nH]c(N2CCCC2)nc2c1CCN(Cc1ccc3ccccc3n1)C2. The molecule has 0 unspecified atom stereocenters. The maximum atomic E-state index is 12.5. The van der Waals surface area contributed by atoms with E-state index in [0.29, 0.717) is 6.54 Å². The number of rotatable bonds is 3. The zero-order valence-electron chi connectivity index (χ0n) is 15.3. The molecule has 138 valence electrons. The lowest BCUT2D eigenvalue weighted by molar-refractivity contribution is 0.238. The average Bonchev–Trinajstić information content (AvgIpc) is 3.22. The van der Waals surface area contributed by atoms with E-state index in [0.717, 1.165) is 66.4 Å². The van der Waals surface area contributed by atoms with E-state index in [1.165, 1.54) is 12.8 Å². The van der Waals surface area contributed by atoms with Crippen molar-refractivity contribution in [1.82, 2.24) is 19.9 Å². The molecule has 2 aliphatic heterocycles. The normalized spacial score (nSPS) is 17.4. The molecular formula is C21H23N5O. The van der Waals surface area contributed by atoms with Gasteiger partial charge in [0.15, 0.2) is 0 Å². The van der Waals surface area contributed by atoms with Crippen molar-refractivity contribution in [2.24, 2.45) is 0 Å². The summed E-state index contributed by atoms with van der Waals surface area (Å²) in [5, 5.41) is 1.16. The van der Waals surface area contributed by atoms with Gasteiger partial charge < -0.3 is 4.90 Å². The van der Waals surface area contributed by atoms with Gasteiger partial charge in [-0.25, -0.2) is 4.98 Å². The highest BCUT2D eigenvalue weighted by Gasteiger charge is 2.23. The number of H-pyrrole nitrogens is 1. The number of nitrogens with one attached hydrogen (secondary N) is 1. The minimum Gasteiger partial charge on any atom is -0.342 e. The molecule has 27 heavy (non-hydrogen) atoms. The molecule has 4 heterocycles. The Kier molecular flexibility index (Phi) is 4.13. The second-order valence-electron chi connectivity index (χ2n) is 7.46. The molecule has 6 nitrogen and oxygen atoms in total. The third-order valence-electron chi connectivity index (χ3n) is 5.59. The van der Waals surface area contributed by atoms with Crippen LogP contribution in [0.1, 0.15) is 29.8 Å². The summed E-state index contributed by atoms with van der Waals surface area (Å²) < 4.78 is 0. The molecule has 0 aliphatic carbocycles. The first kappa shape index (κ1) is 16.4. The van der Waals surface area contributed by atoms with E-state index in [1.807, 2.05) is 18.2 Å². The number of aromatic amines is 1. The van der Waals surface area contributed by atoms with Gasteiger partial charge in [-0.05, 0) is 31.4 Å². The maximum Gasteiger partial charge on any atom is 0.255 e. The summed E-state index contributed by atoms with van der Waals surface area (Å²) >= 11 is 0. The van der Waals surface area contributed by atoms with Crippen LogP contribution in [-0.4, -0.2) is 39.5 Å². The van der Waals surface area contributed by atoms with Crippen LogP contribution >= 0.6 is 0 Å². The zero-order chi connectivity index (χ0) is 18.2. The standard InChI is InChI=1S/C21H23N5O/c27-20-17-9-12-25(13-16-8-7-15-5-1-2-6-18(15)22-16)14-19(17)23-21(24-20)26-10-3-4-11-26/h1-2,5-8H,3-4,9-14H2,(H,23,24,27). The monoisotopic (exact) mass is 361 g/mol. The summed E-state index contributed by atoms with van der Waals surface area (Å²) in [6, 6.07) is 12.4. The van der Waals surface area contributed by atoms with Crippen LogP contribution in [-0.2, 0) is 19.5 Å². The molecule has 0 radical (unpaired) electrons. The Morgan fingerprint density at radius 3 is 2.74 bits per heavy atom. The lowest BCUT2D eigenvalue weighted by atomic mass is 10.1. The first-order valence-corrected chi connectivity index (χ1v) is 9.70. The van der Waals surface area contributed by atoms with Crippen LogP contribution in [0.15, 0.2) is 41.2 Å². The zero-order valence-corrected chi connectivity index (χ0v) is 15.3. The fraction of sp³-hybridized carbons (Fsp3) is 0.381. The molecule has 5 rings (SSSR count). The van der Waals surface area contributed by atoms with Crippen LogP contribution in [0.25, 0.3) is 10.9 Å². The van der Waals surface area contributed by atoms with Crippen LogP contribution < -0.4 is 10.5 Å². The lowest BCUT2D eigenvalue weighted by Crippen LogP contribution is -2.36. The fourth-order valence-electron chi connectivity index (χ4n) is 4.12. The molecular weight excluding hydrogens is 338 g/mol. The van der Waals surface area contributed by atoms with Crippen molar-refractivity contribution in [1.29, 1.82) is 0 Å². The van der Waals surface area contributed by atoms with Crippen molar-refractivity contribution in [3.8, 4) is 0 Å². The van der Waals surface area contributed by atoms with Gasteiger partial charge in [-0.15, -0.1) is 0 Å². The highest BCUT2D eigenvalue weighted by Crippen LogP contribution is 2.21. The molecule has 0 spiro atoms. The van der Waals surface area contributed by atoms with Gasteiger partial charge in [-0.1, -0.05) is 24.3 Å². The number of para-hydroxylation sites is 1. The summed E-state index contributed by atoms with van der Waals surface area (Å²) in [6.07, 6.45) is 3.08. The van der Waals surface area contributed by atoms with Crippen molar-refractivity contribution < 1.29 is 0 Å². The molecule has 1 aromatic carbocycles. The number of anilines is 1. The van der Waals surface area contributed by atoms with E-state index in [-0.39, 0.29) is 5.56 Å².